The van der Waals surface area contributed by atoms with Crippen molar-refractivity contribution in [3.05, 3.63) is 65.7 Å². The normalized spacial score (nSPS) is 11.5. The van der Waals surface area contributed by atoms with E-state index >= 15 is 0 Å². The van der Waals surface area contributed by atoms with Crippen molar-refractivity contribution in [2.45, 2.75) is 31.9 Å². The van der Waals surface area contributed by atoms with Crippen LogP contribution in [-0.4, -0.2) is 58.9 Å². The molecule has 48 heavy (non-hydrogen) atoms. The van der Waals surface area contributed by atoms with Crippen molar-refractivity contribution < 1.29 is 199 Å². The van der Waals surface area contributed by atoms with Crippen LogP contribution in [0, 0.1) is 20.2 Å². The summed E-state index contributed by atoms with van der Waals surface area (Å²) in [7, 11) is -5.35. The molecular weight excluding hydrogens is 974 g/mol. The summed E-state index contributed by atoms with van der Waals surface area (Å²) in [5, 5.41) is 34.3. The maximum atomic E-state index is 12.4. The summed E-state index contributed by atoms with van der Waals surface area (Å²) in [4.78, 5) is 35.5. The quantitative estimate of drug-likeness (QED) is 0.0467. The topological polar surface area (TPSA) is 261 Å². The standard InChI is InChI=1S/C9H7ClF2N4O2.C8H6ClN3O2.C3H5F3O3S.CH2O3.2Cs.H/c10-4-1-2-5(16(17)18)8-7(4)9(13)14-15(8)3-6(11)12;9-5-1-2-6(12(13)14)4-3-11-8(10)7(4)5;1-2-9-10(7,8)3(4,5)6;2-1-4-3;;;/h1-2,6H,3H2,(H2,13,14);1-2H,3H2,(H2,10,11);2H2,1H3;1,3H;;;/q;;;;2*+1;-1/p-1. The Morgan fingerprint density at radius 2 is 1.58 bits per heavy atom. The molecule has 0 radical (unpaired) electrons. The van der Waals surface area contributed by atoms with Gasteiger partial charge in [0, 0.05) is 17.7 Å². The number of carbonyl (C=O) groups excluding carboxylic acids is 1. The van der Waals surface area contributed by atoms with Crippen LogP contribution in [0.4, 0.5) is 39.1 Å². The number of hydrogen-bond donors (Lipinski definition) is 2. The van der Waals surface area contributed by atoms with E-state index in [0.717, 1.165) is 17.7 Å². The van der Waals surface area contributed by atoms with Gasteiger partial charge in [-0.3, -0.25) is 34.2 Å². The molecular formula is C21H20Cl2Cs2F5N7O10S. The van der Waals surface area contributed by atoms with Crippen molar-refractivity contribution in [3.8, 4) is 0 Å². The van der Waals surface area contributed by atoms with Gasteiger partial charge in [0.15, 0.2) is 5.82 Å². The molecule has 0 unspecified atom stereocenters. The van der Waals surface area contributed by atoms with Gasteiger partial charge in [0.05, 0.1) is 44.0 Å². The molecule has 0 saturated heterocycles. The summed E-state index contributed by atoms with van der Waals surface area (Å²) in [5.74, 6) is 0.160. The number of aliphatic imine (C=N–C) groups is 1. The Labute approximate surface area is 395 Å². The largest absolute Gasteiger partial charge is 1.00 e. The maximum Gasteiger partial charge on any atom is 1.00 e. The van der Waals surface area contributed by atoms with Gasteiger partial charge in [0.1, 0.15) is 17.9 Å². The van der Waals surface area contributed by atoms with Gasteiger partial charge in [0.2, 0.25) is 0 Å². The SMILES string of the molecule is CCOS(=O)(=O)C(F)(F)F.NC1=NCc2c([N+](=O)[O-])ccc(Cl)c21.Nc1nn(CC(F)F)c2c([N+](=O)[O-])ccc(Cl)c12.O=CO[O-].[Cs+].[Cs+].[H-]. The molecule has 0 atom stereocenters. The van der Waals surface area contributed by atoms with Gasteiger partial charge >= 0.3 is 153 Å². The molecule has 2 heterocycles. The Balaban J connectivity index is -0.000000616. The van der Waals surface area contributed by atoms with E-state index in [-0.39, 0.29) is 191 Å². The molecule has 0 saturated carbocycles. The third kappa shape index (κ3) is 14.0. The summed E-state index contributed by atoms with van der Waals surface area (Å²) >= 11 is 11.7. The zero-order valence-electron chi connectivity index (χ0n) is 25.6. The second kappa shape index (κ2) is 22.6. The monoisotopic (exact) mass is 993 g/mol. The van der Waals surface area contributed by atoms with Crippen molar-refractivity contribution in [3.63, 3.8) is 0 Å². The van der Waals surface area contributed by atoms with Gasteiger partial charge < -0.3 is 23.0 Å². The van der Waals surface area contributed by atoms with Crippen LogP contribution >= 0.6 is 23.2 Å². The molecule has 1 aliphatic rings. The fraction of sp³-hybridized carbons (Fsp3) is 0.286. The summed E-state index contributed by atoms with van der Waals surface area (Å²) in [6, 6.07) is 5.25. The molecule has 0 fully saturated rings. The third-order valence-electron chi connectivity index (χ3n) is 5.05. The summed E-state index contributed by atoms with van der Waals surface area (Å²) in [6.45, 7) is -0.0853. The minimum atomic E-state index is -5.35. The molecule has 1 aromatic heterocycles. The van der Waals surface area contributed by atoms with Crippen LogP contribution in [0.1, 0.15) is 19.5 Å². The number of halogens is 7. The Bertz CT molecular complexity index is 1740. The number of amidine groups is 1. The molecule has 256 valence electrons. The minimum absolute atomic E-state index is 0. The molecule has 0 amide bonds. The van der Waals surface area contributed by atoms with Gasteiger partial charge in [-0.2, -0.15) is 26.7 Å². The number of hydrogen-bond acceptors (Lipinski definition) is 14. The van der Waals surface area contributed by atoms with Crippen LogP contribution in [0.5, 0.6) is 0 Å². The number of anilines is 1. The number of alkyl halides is 5. The molecule has 0 aliphatic carbocycles. The van der Waals surface area contributed by atoms with Crippen LogP contribution < -0.4 is 155 Å². The van der Waals surface area contributed by atoms with Gasteiger partial charge in [-0.1, -0.05) is 23.2 Å². The second-order valence-corrected chi connectivity index (χ2v) is 10.3. The number of nitrogens with zero attached hydrogens (tertiary/aromatic N) is 5. The fourth-order valence-corrected chi connectivity index (χ4v) is 4.35. The first-order valence-corrected chi connectivity index (χ1v) is 13.7. The van der Waals surface area contributed by atoms with E-state index in [1.165, 1.54) is 18.2 Å². The number of fused-ring (bicyclic) bond motifs is 2. The first kappa shape index (κ1) is 49.8. The van der Waals surface area contributed by atoms with Crippen molar-refractivity contribution in [2.24, 2.45) is 10.7 Å². The average Bonchev–Trinajstić information content (AvgIpc) is 3.49. The van der Waals surface area contributed by atoms with E-state index in [0.29, 0.717) is 16.1 Å². The van der Waals surface area contributed by atoms with Crippen LogP contribution in [-0.2, 0) is 37.1 Å². The number of nitro groups is 2. The predicted octanol–water partition coefficient (Wildman–Crippen LogP) is -2.66. The van der Waals surface area contributed by atoms with Crippen molar-refractivity contribution in [1.82, 2.24) is 9.78 Å². The number of aromatic nitrogens is 2. The first-order valence-electron chi connectivity index (χ1n) is 11.6. The van der Waals surface area contributed by atoms with Gasteiger partial charge in [-0.25, -0.2) is 13.5 Å². The number of carbonyl (C=O) groups is 1. The zero-order chi connectivity index (χ0) is 35.6. The van der Waals surface area contributed by atoms with Crippen LogP contribution in [0.25, 0.3) is 10.9 Å². The summed E-state index contributed by atoms with van der Waals surface area (Å²) < 4.78 is 82.8. The summed E-state index contributed by atoms with van der Waals surface area (Å²) in [5.41, 5.74) is 6.36. The minimum Gasteiger partial charge on any atom is -1.00 e. The number of nitro benzene ring substituents is 2. The zero-order valence-corrected chi connectivity index (χ0v) is 39.5. The van der Waals surface area contributed by atoms with Crippen molar-refractivity contribution in [2.75, 3.05) is 12.3 Å². The molecule has 2 aromatic carbocycles. The molecule has 27 heteroatoms. The maximum absolute atomic E-state index is 12.4. The molecule has 4 rings (SSSR count). The Kier molecular flexibility index (Phi) is 23.4. The average molecular weight is 994 g/mol. The van der Waals surface area contributed by atoms with E-state index in [1.807, 2.05) is 0 Å². The molecule has 4 N–H and O–H groups in total. The van der Waals surface area contributed by atoms with E-state index in [1.54, 1.807) is 0 Å². The number of nitrogens with two attached hydrogens (primary N) is 2. The van der Waals surface area contributed by atoms with Crippen LogP contribution in [0.3, 0.4) is 0 Å². The molecule has 1 aliphatic heterocycles. The molecule has 3 aromatic rings. The van der Waals surface area contributed by atoms with Crippen molar-refractivity contribution >= 4 is 73.7 Å². The second-order valence-electron chi connectivity index (χ2n) is 7.88. The number of nitrogen functional groups attached to an aromatic ring is 1. The van der Waals surface area contributed by atoms with Crippen molar-refractivity contribution in [1.29, 1.82) is 0 Å². The molecule has 0 spiro atoms. The number of non-ortho nitro benzene ring substituents is 1. The molecule has 17 nitrogen and oxygen atoms in total. The first-order chi connectivity index (χ1) is 21.2. The number of rotatable bonds is 7. The van der Waals surface area contributed by atoms with E-state index in [4.69, 9.17) is 44.7 Å². The Morgan fingerprint density at radius 1 is 1.08 bits per heavy atom. The fourth-order valence-electron chi connectivity index (χ4n) is 3.38. The molecule has 0 bridgehead atoms. The van der Waals surface area contributed by atoms with E-state index < -0.39 is 45.1 Å². The predicted molar refractivity (Wildman–Crippen MR) is 149 cm³/mol. The number of benzene rings is 2. The van der Waals surface area contributed by atoms with Gasteiger partial charge in [-0.05, 0) is 19.1 Å². The van der Waals surface area contributed by atoms with Gasteiger partial charge in [0.25, 0.3) is 24.3 Å². The van der Waals surface area contributed by atoms with Crippen LogP contribution in [0.15, 0.2) is 29.3 Å². The Hall–Kier alpha value is -0.346. The smallest absolute Gasteiger partial charge is 1.00 e. The summed E-state index contributed by atoms with van der Waals surface area (Å²) in [6.07, 6.45) is -2.70. The third-order valence-corrected chi connectivity index (χ3v) is 6.79. The van der Waals surface area contributed by atoms with E-state index in [2.05, 4.69) is 19.2 Å². The van der Waals surface area contributed by atoms with Gasteiger partial charge in [-0.15, -0.1) is 0 Å². The van der Waals surface area contributed by atoms with Crippen LogP contribution in [0.2, 0.25) is 10.0 Å². The Morgan fingerprint density at radius 3 is 2.00 bits per heavy atom. The van der Waals surface area contributed by atoms with E-state index in [9.17, 15) is 50.6 Å².